The van der Waals surface area contributed by atoms with E-state index >= 15 is 0 Å². The second-order valence-corrected chi connectivity index (χ2v) is 10.2. The Balaban J connectivity index is 1.18. The first-order valence-corrected chi connectivity index (χ1v) is 13.4. The first-order valence-electron chi connectivity index (χ1n) is 13.4. The molecule has 0 aromatic heterocycles. The second-order valence-electron chi connectivity index (χ2n) is 10.2. The number of nitrogens with zero attached hydrogens (tertiary/aromatic N) is 4. The highest BCUT2D eigenvalue weighted by Crippen LogP contribution is 2.35. The first-order chi connectivity index (χ1) is 18.6. The lowest BCUT2D eigenvalue weighted by atomic mass is 9.84. The Bertz CT molecular complexity index is 1110. The molecule has 5 rings (SSSR count). The maximum absolute atomic E-state index is 11.2. The molecule has 0 radical (unpaired) electrons. The molecule has 0 bridgehead atoms. The van der Waals surface area contributed by atoms with Gasteiger partial charge in [-0.05, 0) is 29.5 Å². The van der Waals surface area contributed by atoms with Gasteiger partial charge >= 0.3 is 5.97 Å². The van der Waals surface area contributed by atoms with Gasteiger partial charge in [0.15, 0.2) is 0 Å². The summed E-state index contributed by atoms with van der Waals surface area (Å²) < 4.78 is 11.9. The van der Waals surface area contributed by atoms with Gasteiger partial charge in [0.1, 0.15) is 6.10 Å². The maximum atomic E-state index is 11.2. The Kier molecular flexibility index (Phi) is 8.68. The first kappa shape index (κ1) is 26.3. The number of oxime groups is 1. The molecule has 1 unspecified atom stereocenters. The molecular formula is C29H36N4O5. The highest BCUT2D eigenvalue weighted by molar-refractivity contribution is 6.01. The van der Waals surface area contributed by atoms with E-state index in [2.05, 4.69) is 46.7 Å². The standard InChI is InChI=1S/C29H36N4O5/c34-28(35)21-32-12-10-29(11-13-32,37-22-24-4-2-1-3-5-24)19-26-18-27(31-38-26)25-8-6-23(7-9-25)20-30-33-14-16-36-17-15-33/h1-9,20,26H,10-19,21-22H2,(H,34,35). The third kappa shape index (κ3) is 7.18. The van der Waals surface area contributed by atoms with E-state index in [1.165, 1.54) is 0 Å². The molecule has 1 N–H and O–H groups in total. The Labute approximate surface area is 223 Å². The molecule has 2 saturated heterocycles. The number of ether oxygens (including phenoxy) is 2. The number of likely N-dealkylation sites (tertiary alicyclic amines) is 1. The number of aliphatic carboxylic acids is 1. The molecule has 2 aromatic carbocycles. The number of hydrogen-bond acceptors (Lipinski definition) is 8. The van der Waals surface area contributed by atoms with Crippen molar-refractivity contribution in [2.75, 3.05) is 45.9 Å². The van der Waals surface area contributed by atoms with Crippen LogP contribution in [0.1, 0.15) is 42.4 Å². The van der Waals surface area contributed by atoms with Gasteiger partial charge in [0.05, 0.1) is 57.0 Å². The molecule has 9 nitrogen and oxygen atoms in total. The van der Waals surface area contributed by atoms with Gasteiger partial charge in [-0.15, -0.1) is 0 Å². The Morgan fingerprint density at radius 1 is 1.08 bits per heavy atom. The summed E-state index contributed by atoms with van der Waals surface area (Å²) in [6, 6.07) is 18.4. The lowest BCUT2D eigenvalue weighted by molar-refractivity contribution is -0.143. The van der Waals surface area contributed by atoms with Gasteiger partial charge in [-0.25, -0.2) is 0 Å². The summed E-state index contributed by atoms with van der Waals surface area (Å²) in [6.45, 7) is 5.04. The molecule has 38 heavy (non-hydrogen) atoms. The van der Waals surface area contributed by atoms with Crippen LogP contribution in [0.2, 0.25) is 0 Å². The van der Waals surface area contributed by atoms with Crippen LogP contribution in [0.25, 0.3) is 0 Å². The second kappa shape index (κ2) is 12.5. The van der Waals surface area contributed by atoms with Crippen LogP contribution in [0.3, 0.4) is 0 Å². The van der Waals surface area contributed by atoms with Crippen LogP contribution in [-0.2, 0) is 25.7 Å². The highest BCUT2D eigenvalue weighted by atomic mass is 16.6. The van der Waals surface area contributed by atoms with Crippen LogP contribution >= 0.6 is 0 Å². The molecule has 2 aromatic rings. The van der Waals surface area contributed by atoms with E-state index in [0.717, 1.165) is 74.4 Å². The van der Waals surface area contributed by atoms with Crippen LogP contribution in [0.5, 0.6) is 0 Å². The summed E-state index contributed by atoms with van der Waals surface area (Å²) in [5.41, 5.74) is 3.78. The van der Waals surface area contributed by atoms with E-state index in [1.807, 2.05) is 34.3 Å². The van der Waals surface area contributed by atoms with Crippen molar-refractivity contribution in [3.63, 3.8) is 0 Å². The molecule has 3 aliphatic heterocycles. The van der Waals surface area contributed by atoms with E-state index < -0.39 is 5.97 Å². The molecule has 3 heterocycles. The predicted molar refractivity (Wildman–Crippen MR) is 144 cm³/mol. The number of hydrazone groups is 1. The lowest BCUT2D eigenvalue weighted by Crippen LogP contribution is -2.49. The average molecular weight is 521 g/mol. The summed E-state index contributed by atoms with van der Waals surface area (Å²) in [7, 11) is 0. The fourth-order valence-corrected chi connectivity index (χ4v) is 5.23. The molecule has 9 heteroatoms. The van der Waals surface area contributed by atoms with Crippen LogP contribution < -0.4 is 0 Å². The SMILES string of the molecule is O=C(O)CN1CCC(CC2CC(c3ccc(C=NN4CCOCC4)cc3)=NO2)(OCc2ccccc2)CC1. The largest absolute Gasteiger partial charge is 0.480 e. The van der Waals surface area contributed by atoms with Crippen molar-refractivity contribution in [1.29, 1.82) is 0 Å². The van der Waals surface area contributed by atoms with E-state index in [0.29, 0.717) is 19.7 Å². The summed E-state index contributed by atoms with van der Waals surface area (Å²) >= 11 is 0. The van der Waals surface area contributed by atoms with Gasteiger partial charge in [0.25, 0.3) is 0 Å². The zero-order valence-corrected chi connectivity index (χ0v) is 21.7. The van der Waals surface area contributed by atoms with Gasteiger partial charge in [0, 0.05) is 25.9 Å². The van der Waals surface area contributed by atoms with Gasteiger partial charge in [-0.2, -0.15) is 5.10 Å². The van der Waals surface area contributed by atoms with E-state index in [1.54, 1.807) is 0 Å². The topological polar surface area (TPSA) is 96.2 Å². The van der Waals surface area contributed by atoms with Crippen LogP contribution in [0.15, 0.2) is 64.9 Å². The summed E-state index contributed by atoms with van der Waals surface area (Å²) in [4.78, 5) is 19.1. The van der Waals surface area contributed by atoms with Gasteiger partial charge in [-0.3, -0.25) is 14.7 Å². The van der Waals surface area contributed by atoms with Gasteiger partial charge in [0.2, 0.25) is 0 Å². The predicted octanol–water partition coefficient (Wildman–Crippen LogP) is 3.37. The molecule has 0 spiro atoms. The molecule has 3 aliphatic rings. The summed E-state index contributed by atoms with van der Waals surface area (Å²) in [5.74, 6) is -0.793. The van der Waals surface area contributed by atoms with Gasteiger partial charge < -0.3 is 19.4 Å². The van der Waals surface area contributed by atoms with Crippen molar-refractivity contribution in [1.82, 2.24) is 9.91 Å². The number of carboxylic acid groups (broad SMARTS) is 1. The number of benzene rings is 2. The minimum atomic E-state index is -0.793. The minimum absolute atomic E-state index is 0.0646. The van der Waals surface area contributed by atoms with E-state index in [9.17, 15) is 9.90 Å². The smallest absolute Gasteiger partial charge is 0.317 e. The number of carbonyl (C=O) groups is 1. The molecule has 0 saturated carbocycles. The normalized spacial score (nSPS) is 21.8. The molecule has 0 amide bonds. The Morgan fingerprint density at radius 2 is 1.82 bits per heavy atom. The molecule has 202 valence electrons. The Morgan fingerprint density at radius 3 is 2.53 bits per heavy atom. The van der Waals surface area contributed by atoms with Crippen LogP contribution in [-0.4, -0.2) is 90.6 Å². The van der Waals surface area contributed by atoms with Crippen molar-refractivity contribution >= 4 is 17.9 Å². The van der Waals surface area contributed by atoms with Crippen molar-refractivity contribution in [3.05, 3.63) is 71.3 Å². The monoisotopic (exact) mass is 520 g/mol. The average Bonchev–Trinajstić information content (AvgIpc) is 3.41. The number of morpholine rings is 1. The third-order valence-electron chi connectivity index (χ3n) is 7.45. The van der Waals surface area contributed by atoms with E-state index in [4.69, 9.17) is 14.3 Å². The summed E-state index contributed by atoms with van der Waals surface area (Å²) in [6.07, 6.45) is 4.78. The van der Waals surface area contributed by atoms with Crippen molar-refractivity contribution < 1.29 is 24.2 Å². The van der Waals surface area contributed by atoms with E-state index in [-0.39, 0.29) is 18.2 Å². The van der Waals surface area contributed by atoms with Crippen LogP contribution in [0, 0.1) is 0 Å². The zero-order valence-electron chi connectivity index (χ0n) is 21.7. The lowest BCUT2D eigenvalue weighted by Gasteiger charge is -2.42. The quantitative estimate of drug-likeness (QED) is 0.480. The number of carboxylic acids is 1. The molecular weight excluding hydrogens is 484 g/mol. The number of rotatable bonds is 10. The van der Waals surface area contributed by atoms with Crippen LogP contribution in [0.4, 0.5) is 0 Å². The molecule has 0 aliphatic carbocycles. The number of piperidine rings is 1. The summed E-state index contributed by atoms with van der Waals surface area (Å²) in [5, 5.41) is 20.2. The van der Waals surface area contributed by atoms with Gasteiger partial charge in [-0.1, -0.05) is 59.8 Å². The van der Waals surface area contributed by atoms with Crippen molar-refractivity contribution in [2.24, 2.45) is 10.3 Å². The minimum Gasteiger partial charge on any atom is -0.480 e. The number of hydrogen-bond donors (Lipinski definition) is 1. The third-order valence-corrected chi connectivity index (χ3v) is 7.45. The molecule has 1 atom stereocenters. The maximum Gasteiger partial charge on any atom is 0.317 e. The highest BCUT2D eigenvalue weighted by Gasteiger charge is 2.40. The fourth-order valence-electron chi connectivity index (χ4n) is 5.23. The van der Waals surface area contributed by atoms with Crippen molar-refractivity contribution in [2.45, 2.75) is 44.0 Å². The zero-order chi connectivity index (χ0) is 26.2. The fraction of sp³-hybridized carbons (Fsp3) is 0.483. The van der Waals surface area contributed by atoms with Crippen molar-refractivity contribution in [3.8, 4) is 0 Å². The Hall–Kier alpha value is -3.27. The molecule has 2 fully saturated rings.